The van der Waals surface area contributed by atoms with Gasteiger partial charge in [0.1, 0.15) is 0 Å². The first-order chi connectivity index (χ1) is 29.8. The van der Waals surface area contributed by atoms with Gasteiger partial charge < -0.3 is 40.4 Å². The Balaban J connectivity index is 0.942. The fraction of sp³-hybridized carbons (Fsp3) is 0.360. The molecule has 0 unspecified atom stereocenters. The van der Waals surface area contributed by atoms with Crippen LogP contribution in [0.25, 0.3) is 11.1 Å². The number of nitrogen functional groups attached to an aromatic ring is 1. The molecule has 7 rings (SSSR count). The SMILES string of the molecule is COc1cc2c(cc1OC)CN(C[C@@H]1C[C@H](c3ccc(CO)cc3)O[C@H](c3cccc(-c4cccc(CNC(=O)CCCCCCC(=O)Nc5ccccc5N)c4)c3)O1)CC2. The lowest BCUT2D eigenvalue weighted by Gasteiger charge is -2.39. The van der Waals surface area contributed by atoms with E-state index in [4.69, 9.17) is 24.7 Å². The Kier molecular flexibility index (Phi) is 15.1. The second-order valence-corrected chi connectivity index (χ2v) is 16.0. The third-order valence-corrected chi connectivity index (χ3v) is 11.6. The summed E-state index contributed by atoms with van der Waals surface area (Å²) in [6, 6.07) is 36.0. The van der Waals surface area contributed by atoms with Crippen LogP contribution in [0.1, 0.15) is 90.7 Å². The van der Waals surface area contributed by atoms with Crippen molar-refractivity contribution >= 4 is 23.2 Å². The van der Waals surface area contributed by atoms with Crippen LogP contribution in [-0.4, -0.2) is 55.2 Å². The fourth-order valence-corrected chi connectivity index (χ4v) is 8.18. The first kappa shape index (κ1) is 43.4. The molecule has 1 saturated heterocycles. The van der Waals surface area contributed by atoms with Crippen LogP contribution in [0, 0.1) is 0 Å². The van der Waals surface area contributed by atoms with E-state index in [9.17, 15) is 14.7 Å². The number of unbranched alkanes of at least 4 members (excludes halogenated alkanes) is 3. The van der Waals surface area contributed by atoms with Crippen LogP contribution in [-0.2, 0) is 45.2 Å². The van der Waals surface area contributed by atoms with Crippen LogP contribution in [0.15, 0.2) is 109 Å². The second kappa shape index (κ2) is 21.2. The van der Waals surface area contributed by atoms with Crippen molar-refractivity contribution in [2.45, 2.75) is 89.6 Å². The summed E-state index contributed by atoms with van der Waals surface area (Å²) in [5.41, 5.74) is 15.5. The molecule has 5 N–H and O–H groups in total. The maximum Gasteiger partial charge on any atom is 0.224 e. The molecule has 2 aliphatic heterocycles. The number of fused-ring (bicyclic) bond motifs is 1. The summed E-state index contributed by atoms with van der Waals surface area (Å²) in [5, 5.41) is 15.6. The van der Waals surface area contributed by atoms with Gasteiger partial charge in [-0.15, -0.1) is 0 Å². The van der Waals surface area contributed by atoms with Crippen molar-refractivity contribution in [3.05, 3.63) is 143 Å². The van der Waals surface area contributed by atoms with Gasteiger partial charge in [0, 0.05) is 51.0 Å². The number of ether oxygens (including phenoxy) is 4. The average molecular weight is 827 g/mol. The van der Waals surface area contributed by atoms with Crippen LogP contribution in [0.2, 0.25) is 0 Å². The molecule has 11 nitrogen and oxygen atoms in total. The molecule has 11 heteroatoms. The number of hydrogen-bond donors (Lipinski definition) is 4. The highest BCUT2D eigenvalue weighted by molar-refractivity contribution is 5.93. The Labute approximate surface area is 359 Å². The first-order valence-electron chi connectivity index (χ1n) is 21.4. The molecule has 5 aromatic carbocycles. The van der Waals surface area contributed by atoms with E-state index in [0.717, 1.165) is 96.6 Å². The van der Waals surface area contributed by atoms with Crippen molar-refractivity contribution in [1.29, 1.82) is 0 Å². The molecule has 0 saturated carbocycles. The van der Waals surface area contributed by atoms with E-state index in [2.05, 4.69) is 58.0 Å². The number of carbonyl (C=O) groups excluding carboxylic acids is 2. The number of aliphatic hydroxyl groups is 1. The predicted molar refractivity (Wildman–Crippen MR) is 238 cm³/mol. The number of para-hydroxylation sites is 2. The molecule has 2 aliphatic rings. The summed E-state index contributed by atoms with van der Waals surface area (Å²) < 4.78 is 24.7. The highest BCUT2D eigenvalue weighted by Crippen LogP contribution is 2.40. The molecule has 0 bridgehead atoms. The first-order valence-corrected chi connectivity index (χ1v) is 21.4. The van der Waals surface area contributed by atoms with Crippen molar-refractivity contribution in [1.82, 2.24) is 10.2 Å². The number of hydrogen-bond acceptors (Lipinski definition) is 9. The lowest BCUT2D eigenvalue weighted by molar-refractivity contribution is -0.253. The molecule has 0 radical (unpaired) electrons. The lowest BCUT2D eigenvalue weighted by atomic mass is 9.96. The largest absolute Gasteiger partial charge is 0.493 e. The molecule has 320 valence electrons. The topological polar surface area (TPSA) is 145 Å². The Hall–Kier alpha value is -5.72. The van der Waals surface area contributed by atoms with Crippen molar-refractivity contribution in [3.63, 3.8) is 0 Å². The van der Waals surface area contributed by atoms with Gasteiger partial charge in [0.2, 0.25) is 11.8 Å². The number of rotatable bonds is 18. The van der Waals surface area contributed by atoms with Crippen LogP contribution in [0.3, 0.4) is 0 Å². The minimum Gasteiger partial charge on any atom is -0.493 e. The van der Waals surface area contributed by atoms with Gasteiger partial charge >= 0.3 is 0 Å². The summed E-state index contributed by atoms with van der Waals surface area (Å²) in [6.45, 7) is 2.87. The molecule has 0 spiro atoms. The Morgan fingerprint density at radius 2 is 1.46 bits per heavy atom. The van der Waals surface area contributed by atoms with E-state index in [1.54, 1.807) is 26.4 Å². The summed E-state index contributed by atoms with van der Waals surface area (Å²) in [6.07, 6.45) is 4.88. The van der Waals surface area contributed by atoms with Gasteiger partial charge in [0.05, 0.1) is 44.4 Å². The van der Waals surface area contributed by atoms with Crippen LogP contribution < -0.4 is 25.8 Å². The molecule has 3 atom stereocenters. The Bertz CT molecular complexity index is 2250. The quantitative estimate of drug-likeness (QED) is 0.0504. The van der Waals surface area contributed by atoms with Gasteiger partial charge in [-0.05, 0) is 94.6 Å². The van der Waals surface area contributed by atoms with Crippen molar-refractivity contribution in [3.8, 4) is 22.6 Å². The van der Waals surface area contributed by atoms with Crippen molar-refractivity contribution in [2.75, 3.05) is 38.4 Å². The predicted octanol–water partition coefficient (Wildman–Crippen LogP) is 8.64. The molecular formula is C50H58N4O7. The molecule has 1 fully saturated rings. The fourth-order valence-electron chi connectivity index (χ4n) is 8.18. The minimum absolute atomic E-state index is 0.00935. The Morgan fingerprint density at radius 1 is 0.754 bits per heavy atom. The molecule has 0 aliphatic carbocycles. The van der Waals surface area contributed by atoms with Crippen LogP contribution in [0.5, 0.6) is 11.5 Å². The van der Waals surface area contributed by atoms with Crippen LogP contribution in [0.4, 0.5) is 11.4 Å². The summed E-state index contributed by atoms with van der Waals surface area (Å²) in [5.74, 6) is 1.46. The van der Waals surface area contributed by atoms with E-state index in [-0.39, 0.29) is 30.6 Å². The summed E-state index contributed by atoms with van der Waals surface area (Å²) in [4.78, 5) is 27.5. The van der Waals surface area contributed by atoms with E-state index < -0.39 is 6.29 Å². The number of carbonyl (C=O) groups is 2. The molecule has 2 amide bonds. The van der Waals surface area contributed by atoms with Gasteiger partial charge in [-0.25, -0.2) is 0 Å². The van der Waals surface area contributed by atoms with Crippen molar-refractivity contribution in [2.24, 2.45) is 0 Å². The second-order valence-electron chi connectivity index (χ2n) is 16.0. The van der Waals surface area contributed by atoms with Crippen molar-refractivity contribution < 1.29 is 33.6 Å². The third kappa shape index (κ3) is 11.8. The van der Waals surface area contributed by atoms with E-state index in [0.29, 0.717) is 37.2 Å². The smallest absolute Gasteiger partial charge is 0.224 e. The zero-order valence-corrected chi connectivity index (χ0v) is 35.2. The lowest BCUT2D eigenvalue weighted by Crippen LogP contribution is -2.41. The third-order valence-electron chi connectivity index (χ3n) is 11.6. The molecule has 5 aromatic rings. The summed E-state index contributed by atoms with van der Waals surface area (Å²) in [7, 11) is 3.34. The zero-order valence-electron chi connectivity index (χ0n) is 35.2. The number of nitrogens with zero attached hydrogens (tertiary/aromatic N) is 1. The number of aliphatic hydroxyl groups excluding tert-OH is 1. The van der Waals surface area contributed by atoms with Gasteiger partial charge in [0.25, 0.3) is 0 Å². The normalized spacial score (nSPS) is 17.6. The summed E-state index contributed by atoms with van der Waals surface area (Å²) >= 11 is 0. The monoisotopic (exact) mass is 826 g/mol. The highest BCUT2D eigenvalue weighted by Gasteiger charge is 2.34. The number of anilines is 2. The zero-order chi connectivity index (χ0) is 42.6. The van der Waals surface area contributed by atoms with Crippen LogP contribution >= 0.6 is 0 Å². The maximum absolute atomic E-state index is 12.7. The minimum atomic E-state index is -0.587. The van der Waals surface area contributed by atoms with E-state index >= 15 is 0 Å². The van der Waals surface area contributed by atoms with Gasteiger partial charge in [-0.1, -0.05) is 85.6 Å². The van der Waals surface area contributed by atoms with Gasteiger partial charge in [0.15, 0.2) is 17.8 Å². The molecular weight excluding hydrogens is 769 g/mol. The number of nitrogens with two attached hydrogens (primary N) is 1. The van der Waals surface area contributed by atoms with Gasteiger partial charge in [-0.2, -0.15) is 0 Å². The molecule has 0 aromatic heterocycles. The number of nitrogens with one attached hydrogen (secondary N) is 2. The standard InChI is InChI=1S/C50H58N4O7/c1-58-46-27-39-23-24-54(31-41(39)28-47(46)59-2)32-42-29-45(36-21-19-34(33-55)20-22-36)61-50(60-42)40-14-10-13-38(26-40)37-12-9-11-35(25-37)30-52-48(56)17-5-3-4-6-18-49(57)53-44-16-8-7-15-43(44)51/h7-16,19-22,25-28,42,45,50,55H,3-6,17-18,23-24,29-33,51H2,1-2H3,(H,52,56)(H,53,57)/t42-,45+,50+/m0/s1. The van der Waals surface area contributed by atoms with E-state index in [1.807, 2.05) is 54.6 Å². The Morgan fingerprint density at radius 3 is 2.20 bits per heavy atom. The molecule has 2 heterocycles. The number of methoxy groups -OCH3 is 2. The number of benzene rings is 5. The number of amides is 2. The molecule has 61 heavy (non-hydrogen) atoms. The van der Waals surface area contributed by atoms with Gasteiger partial charge in [-0.3, -0.25) is 14.5 Å². The highest BCUT2D eigenvalue weighted by atomic mass is 16.7. The average Bonchev–Trinajstić information content (AvgIpc) is 3.29. The maximum atomic E-state index is 12.7. The van der Waals surface area contributed by atoms with E-state index in [1.165, 1.54) is 11.1 Å².